The number of pyridine rings is 1. The molecule has 1 amide bonds. The summed E-state index contributed by atoms with van der Waals surface area (Å²) in [7, 11) is 1.81. The van der Waals surface area contributed by atoms with Gasteiger partial charge in [-0.2, -0.15) is 0 Å². The minimum absolute atomic E-state index is 0.0881. The maximum absolute atomic E-state index is 12.2. The van der Waals surface area contributed by atoms with Gasteiger partial charge in [0.1, 0.15) is 5.69 Å². The highest BCUT2D eigenvalue weighted by Crippen LogP contribution is 2.13. The van der Waals surface area contributed by atoms with Crippen LogP contribution in [-0.4, -0.2) is 20.4 Å². The van der Waals surface area contributed by atoms with Gasteiger partial charge in [0, 0.05) is 18.9 Å². The molecule has 0 fully saturated rings. The van der Waals surface area contributed by atoms with Crippen molar-refractivity contribution in [3.63, 3.8) is 0 Å². The van der Waals surface area contributed by atoms with E-state index in [4.69, 9.17) is 0 Å². The summed E-state index contributed by atoms with van der Waals surface area (Å²) in [6.45, 7) is 5.70. The molecule has 2 aromatic rings. The zero-order valence-corrected chi connectivity index (χ0v) is 11.6. The molecular weight excluding hydrogens is 240 g/mol. The summed E-state index contributed by atoms with van der Waals surface area (Å²) in [5.41, 5.74) is 3.27. The molecule has 1 atom stereocenters. The van der Waals surface area contributed by atoms with Gasteiger partial charge in [0.05, 0.1) is 18.1 Å². The zero-order chi connectivity index (χ0) is 14.0. The Balaban J connectivity index is 2.13. The molecule has 1 N–H and O–H groups in total. The topological polar surface area (TPSA) is 59.8 Å². The molecule has 0 aliphatic heterocycles. The summed E-state index contributed by atoms with van der Waals surface area (Å²) < 4.78 is 1.73. The van der Waals surface area contributed by atoms with Crippen LogP contribution in [0.5, 0.6) is 0 Å². The van der Waals surface area contributed by atoms with Crippen molar-refractivity contribution >= 4 is 5.91 Å². The highest BCUT2D eigenvalue weighted by Gasteiger charge is 2.17. The lowest BCUT2D eigenvalue weighted by atomic mass is 10.1. The summed E-state index contributed by atoms with van der Waals surface area (Å²) >= 11 is 0. The Morgan fingerprint density at radius 3 is 2.58 bits per heavy atom. The Morgan fingerprint density at radius 1 is 1.32 bits per heavy atom. The molecule has 0 aromatic carbocycles. The highest BCUT2D eigenvalue weighted by atomic mass is 16.2. The predicted molar refractivity (Wildman–Crippen MR) is 72.8 cm³/mol. The Morgan fingerprint density at radius 2 is 2.05 bits per heavy atom. The lowest BCUT2D eigenvalue weighted by Gasteiger charge is -2.14. The van der Waals surface area contributed by atoms with Gasteiger partial charge in [-0.1, -0.05) is 6.07 Å². The normalized spacial score (nSPS) is 12.2. The molecule has 2 heterocycles. The third kappa shape index (κ3) is 2.81. The van der Waals surface area contributed by atoms with Gasteiger partial charge in [-0.15, -0.1) is 0 Å². The number of rotatable bonds is 3. The predicted octanol–water partition coefficient (Wildman–Crippen LogP) is 1.92. The largest absolute Gasteiger partial charge is 0.344 e. The van der Waals surface area contributed by atoms with E-state index in [1.54, 1.807) is 17.1 Å². The number of aromatic nitrogens is 3. The maximum Gasteiger partial charge on any atom is 0.270 e. The van der Waals surface area contributed by atoms with Gasteiger partial charge >= 0.3 is 0 Å². The number of carbonyl (C=O) groups excluding carboxylic acids is 1. The first-order valence-electron chi connectivity index (χ1n) is 6.20. The minimum Gasteiger partial charge on any atom is -0.344 e. The van der Waals surface area contributed by atoms with Gasteiger partial charge in [-0.3, -0.25) is 9.78 Å². The minimum atomic E-state index is -0.120. The number of hydrogen-bond acceptors (Lipinski definition) is 3. The van der Waals surface area contributed by atoms with E-state index in [2.05, 4.69) is 15.3 Å². The molecule has 0 saturated heterocycles. The number of nitrogens with one attached hydrogen (secondary N) is 1. The first-order chi connectivity index (χ1) is 8.99. The van der Waals surface area contributed by atoms with E-state index in [-0.39, 0.29) is 11.9 Å². The molecule has 2 rings (SSSR count). The van der Waals surface area contributed by atoms with E-state index in [9.17, 15) is 4.79 Å². The molecule has 0 radical (unpaired) electrons. The second-order valence-corrected chi connectivity index (χ2v) is 4.72. The fourth-order valence-electron chi connectivity index (χ4n) is 1.96. The summed E-state index contributed by atoms with van der Waals surface area (Å²) in [5, 5.41) is 2.96. The number of carbonyl (C=O) groups is 1. The molecule has 2 aromatic heterocycles. The van der Waals surface area contributed by atoms with Crippen molar-refractivity contribution < 1.29 is 4.79 Å². The van der Waals surface area contributed by atoms with Gasteiger partial charge < -0.3 is 9.88 Å². The maximum atomic E-state index is 12.2. The van der Waals surface area contributed by atoms with Crippen LogP contribution in [0.2, 0.25) is 0 Å². The first kappa shape index (κ1) is 13.3. The Labute approximate surface area is 112 Å². The molecule has 0 bridgehead atoms. The summed E-state index contributed by atoms with van der Waals surface area (Å²) in [5.74, 6) is -0.120. The molecule has 0 unspecified atom stereocenters. The van der Waals surface area contributed by atoms with Crippen molar-refractivity contribution in [3.05, 3.63) is 47.3 Å². The Kier molecular flexibility index (Phi) is 3.64. The summed E-state index contributed by atoms with van der Waals surface area (Å²) in [6, 6.07) is 3.83. The molecule has 5 heteroatoms. The van der Waals surface area contributed by atoms with Crippen molar-refractivity contribution in [2.75, 3.05) is 0 Å². The monoisotopic (exact) mass is 258 g/mol. The molecular formula is C14H18N4O. The Hall–Kier alpha value is -2.17. The fourth-order valence-corrected chi connectivity index (χ4v) is 1.96. The van der Waals surface area contributed by atoms with E-state index in [0.717, 1.165) is 17.0 Å². The number of aryl methyl sites for hydroxylation is 3. The van der Waals surface area contributed by atoms with Crippen LogP contribution < -0.4 is 5.32 Å². The average Bonchev–Trinajstić information content (AvgIpc) is 2.69. The molecule has 0 aliphatic rings. The smallest absolute Gasteiger partial charge is 0.270 e. The lowest BCUT2D eigenvalue weighted by Crippen LogP contribution is -2.28. The molecule has 0 saturated carbocycles. The van der Waals surface area contributed by atoms with Crippen molar-refractivity contribution in [2.45, 2.75) is 26.8 Å². The van der Waals surface area contributed by atoms with Crippen molar-refractivity contribution in [2.24, 2.45) is 7.05 Å². The third-order valence-corrected chi connectivity index (χ3v) is 3.12. The average molecular weight is 258 g/mol. The van der Waals surface area contributed by atoms with Crippen LogP contribution in [0, 0.1) is 13.8 Å². The van der Waals surface area contributed by atoms with Crippen LogP contribution in [0.3, 0.4) is 0 Å². The second-order valence-electron chi connectivity index (χ2n) is 4.72. The third-order valence-electron chi connectivity index (χ3n) is 3.12. The molecule has 0 spiro atoms. The fraction of sp³-hybridized carbons (Fsp3) is 0.357. The second kappa shape index (κ2) is 5.22. The van der Waals surface area contributed by atoms with Crippen molar-refractivity contribution in [1.29, 1.82) is 0 Å². The van der Waals surface area contributed by atoms with Crippen LogP contribution in [0.1, 0.15) is 40.4 Å². The van der Waals surface area contributed by atoms with Crippen LogP contribution in [0.25, 0.3) is 0 Å². The zero-order valence-electron chi connectivity index (χ0n) is 11.6. The van der Waals surface area contributed by atoms with Crippen LogP contribution in [0.4, 0.5) is 0 Å². The van der Waals surface area contributed by atoms with E-state index in [1.165, 1.54) is 0 Å². The van der Waals surface area contributed by atoms with E-state index < -0.39 is 0 Å². The molecule has 19 heavy (non-hydrogen) atoms. The summed E-state index contributed by atoms with van der Waals surface area (Å²) in [4.78, 5) is 20.6. The van der Waals surface area contributed by atoms with Gasteiger partial charge in [0.15, 0.2) is 0 Å². The van der Waals surface area contributed by atoms with Crippen LogP contribution in [0.15, 0.2) is 24.7 Å². The summed E-state index contributed by atoms with van der Waals surface area (Å²) in [6.07, 6.45) is 3.43. The molecule has 5 nitrogen and oxygen atoms in total. The number of imidazole rings is 1. The number of nitrogens with zero attached hydrogens (tertiary/aromatic N) is 3. The SMILES string of the molecule is Cc1ccc([C@H](C)NC(=O)c2c(C)ncn2C)cn1. The number of amides is 1. The standard InChI is InChI=1S/C14H18N4O/c1-9-5-6-12(7-15-9)10(2)17-14(19)13-11(3)16-8-18(13)4/h5-8,10H,1-4H3,(H,17,19)/t10-/m0/s1. The van der Waals surface area contributed by atoms with Crippen LogP contribution in [-0.2, 0) is 7.05 Å². The van der Waals surface area contributed by atoms with Crippen molar-refractivity contribution in [3.8, 4) is 0 Å². The van der Waals surface area contributed by atoms with Gasteiger partial charge in [-0.05, 0) is 32.4 Å². The molecule has 100 valence electrons. The van der Waals surface area contributed by atoms with E-state index >= 15 is 0 Å². The van der Waals surface area contributed by atoms with Gasteiger partial charge in [0.2, 0.25) is 0 Å². The van der Waals surface area contributed by atoms with Gasteiger partial charge in [-0.25, -0.2) is 4.98 Å². The highest BCUT2D eigenvalue weighted by molar-refractivity contribution is 5.93. The molecule has 0 aliphatic carbocycles. The van der Waals surface area contributed by atoms with E-state index in [1.807, 2.05) is 40.0 Å². The van der Waals surface area contributed by atoms with Gasteiger partial charge in [0.25, 0.3) is 5.91 Å². The quantitative estimate of drug-likeness (QED) is 0.915. The number of hydrogen-bond donors (Lipinski definition) is 1. The van der Waals surface area contributed by atoms with Crippen LogP contribution >= 0.6 is 0 Å². The Bertz CT molecular complexity index is 566. The lowest BCUT2D eigenvalue weighted by molar-refractivity contribution is 0.0931. The van der Waals surface area contributed by atoms with E-state index in [0.29, 0.717) is 5.69 Å². The van der Waals surface area contributed by atoms with Crippen molar-refractivity contribution in [1.82, 2.24) is 19.9 Å². The first-order valence-corrected chi connectivity index (χ1v) is 6.20.